The molecule has 10 heteroatoms. The largest absolute Gasteiger partial charge is 0.416 e. The van der Waals surface area contributed by atoms with Crippen molar-refractivity contribution in [1.29, 1.82) is 0 Å². The van der Waals surface area contributed by atoms with Crippen molar-refractivity contribution in [1.82, 2.24) is 9.03 Å². The van der Waals surface area contributed by atoms with E-state index in [4.69, 9.17) is 0 Å². The molecule has 0 saturated carbocycles. The number of hydrogen-bond donors (Lipinski definition) is 1. The van der Waals surface area contributed by atoms with Crippen molar-refractivity contribution in [2.24, 2.45) is 0 Å². The number of benzene rings is 1. The topological polar surface area (TPSA) is 66.5 Å². The van der Waals surface area contributed by atoms with Crippen LogP contribution in [0.3, 0.4) is 0 Å². The molecule has 1 aromatic rings. The molecule has 0 unspecified atom stereocenters. The second kappa shape index (κ2) is 4.70. The average Bonchev–Trinajstić information content (AvgIpc) is 2.53. The van der Waals surface area contributed by atoms with Crippen LogP contribution in [0.25, 0.3) is 0 Å². The molecule has 110 valence electrons. The van der Waals surface area contributed by atoms with Gasteiger partial charge in [0.15, 0.2) is 0 Å². The molecule has 0 bridgehead atoms. The summed E-state index contributed by atoms with van der Waals surface area (Å²) in [5.41, 5.74) is -1.70. The Hall–Kier alpha value is -1.68. The van der Waals surface area contributed by atoms with Gasteiger partial charge in [-0.05, 0) is 17.7 Å². The molecule has 1 aromatic carbocycles. The van der Waals surface area contributed by atoms with Crippen LogP contribution in [-0.4, -0.2) is 25.2 Å². The van der Waals surface area contributed by atoms with Crippen LogP contribution < -0.4 is 4.72 Å². The monoisotopic (exact) mass is 312 g/mol. The molecule has 1 heterocycles. The second-order valence-electron chi connectivity index (χ2n) is 4.10. The first-order valence-electron chi connectivity index (χ1n) is 5.26. The highest BCUT2D eigenvalue weighted by Crippen LogP contribution is 2.33. The predicted octanol–water partition coefficient (Wildman–Crippen LogP) is 1.02. The fourth-order valence-corrected chi connectivity index (χ4v) is 2.84. The molecule has 2 rings (SSSR count). The van der Waals surface area contributed by atoms with Crippen LogP contribution in [0.4, 0.5) is 17.6 Å². The van der Waals surface area contributed by atoms with Crippen LogP contribution in [0.2, 0.25) is 0 Å². The summed E-state index contributed by atoms with van der Waals surface area (Å²) in [7, 11) is -4.13. The zero-order valence-corrected chi connectivity index (χ0v) is 10.6. The van der Waals surface area contributed by atoms with Gasteiger partial charge < -0.3 is 0 Å². The zero-order valence-electron chi connectivity index (χ0n) is 9.74. The maximum atomic E-state index is 12.9. The molecule has 1 aliphatic rings. The van der Waals surface area contributed by atoms with Crippen LogP contribution >= 0.6 is 0 Å². The van der Waals surface area contributed by atoms with E-state index in [1.807, 2.05) is 0 Å². The number of halogens is 4. The van der Waals surface area contributed by atoms with E-state index in [0.29, 0.717) is 4.31 Å². The van der Waals surface area contributed by atoms with Crippen LogP contribution in [0.15, 0.2) is 18.2 Å². The molecule has 1 amide bonds. The molecule has 1 aliphatic heterocycles. The Bertz CT molecular complexity index is 657. The third kappa shape index (κ3) is 2.90. The Morgan fingerprint density at radius 2 is 1.95 bits per heavy atom. The van der Waals surface area contributed by atoms with Gasteiger partial charge in [0.05, 0.1) is 12.1 Å². The van der Waals surface area contributed by atoms with E-state index < -0.39 is 52.3 Å². The molecule has 1 saturated heterocycles. The van der Waals surface area contributed by atoms with Gasteiger partial charge in [0.1, 0.15) is 5.82 Å². The first-order chi connectivity index (χ1) is 9.09. The number of carbonyl (C=O) groups excluding carboxylic acids is 1. The Morgan fingerprint density at radius 1 is 1.30 bits per heavy atom. The molecule has 20 heavy (non-hydrogen) atoms. The van der Waals surface area contributed by atoms with E-state index in [1.54, 1.807) is 4.72 Å². The van der Waals surface area contributed by atoms with Crippen LogP contribution in [0.1, 0.15) is 11.1 Å². The summed E-state index contributed by atoms with van der Waals surface area (Å²) >= 11 is 0. The van der Waals surface area contributed by atoms with Crippen LogP contribution in [0.5, 0.6) is 0 Å². The SMILES string of the molecule is O=C1CN(Cc2ccc(F)cc2C(F)(F)F)S(=O)(=O)N1. The number of carbonyl (C=O) groups is 1. The summed E-state index contributed by atoms with van der Waals surface area (Å²) in [5.74, 6) is -1.92. The molecular weight excluding hydrogens is 304 g/mol. The maximum Gasteiger partial charge on any atom is 0.416 e. The van der Waals surface area contributed by atoms with E-state index in [2.05, 4.69) is 0 Å². The number of alkyl halides is 3. The van der Waals surface area contributed by atoms with Crippen molar-refractivity contribution in [2.45, 2.75) is 12.7 Å². The smallest absolute Gasteiger partial charge is 0.272 e. The van der Waals surface area contributed by atoms with Crippen molar-refractivity contribution in [3.05, 3.63) is 35.1 Å². The molecular formula is C10H8F4N2O3S. The average molecular weight is 312 g/mol. The van der Waals surface area contributed by atoms with E-state index in [1.165, 1.54) is 0 Å². The van der Waals surface area contributed by atoms with E-state index >= 15 is 0 Å². The maximum absolute atomic E-state index is 12.9. The van der Waals surface area contributed by atoms with Gasteiger partial charge in [0.25, 0.3) is 0 Å². The number of rotatable bonds is 2. The summed E-state index contributed by atoms with van der Waals surface area (Å²) in [5, 5.41) is 0. The molecule has 0 spiro atoms. The molecule has 1 fully saturated rings. The Kier molecular flexibility index (Phi) is 3.46. The molecule has 5 nitrogen and oxygen atoms in total. The van der Waals surface area contributed by atoms with Gasteiger partial charge in [-0.25, -0.2) is 9.11 Å². The highest BCUT2D eigenvalue weighted by atomic mass is 32.2. The van der Waals surface area contributed by atoms with E-state index in [9.17, 15) is 30.8 Å². The zero-order chi connectivity index (χ0) is 15.1. The van der Waals surface area contributed by atoms with Crippen molar-refractivity contribution in [3.8, 4) is 0 Å². The number of amides is 1. The second-order valence-corrected chi connectivity index (χ2v) is 5.77. The Balaban J connectivity index is 2.38. The lowest BCUT2D eigenvalue weighted by molar-refractivity contribution is -0.138. The van der Waals surface area contributed by atoms with Gasteiger partial charge in [-0.2, -0.15) is 25.9 Å². The summed E-state index contributed by atoms with van der Waals surface area (Å²) in [6.07, 6.45) is -4.82. The van der Waals surface area contributed by atoms with Crippen molar-refractivity contribution < 1.29 is 30.8 Å². The normalized spacial score (nSPS) is 19.1. The Labute approximate surface area is 111 Å². The van der Waals surface area contributed by atoms with Gasteiger partial charge in [0.2, 0.25) is 5.91 Å². The number of hydrogen-bond acceptors (Lipinski definition) is 3. The van der Waals surface area contributed by atoms with Crippen molar-refractivity contribution >= 4 is 16.1 Å². The molecule has 1 N–H and O–H groups in total. The van der Waals surface area contributed by atoms with Crippen molar-refractivity contribution in [3.63, 3.8) is 0 Å². The summed E-state index contributed by atoms with van der Waals surface area (Å²) < 4.78 is 76.2. The quantitative estimate of drug-likeness (QED) is 0.829. The van der Waals surface area contributed by atoms with Crippen LogP contribution in [-0.2, 0) is 27.7 Å². The molecule has 0 aromatic heterocycles. The van der Waals surface area contributed by atoms with Crippen molar-refractivity contribution in [2.75, 3.05) is 6.54 Å². The lowest BCUT2D eigenvalue weighted by atomic mass is 10.1. The van der Waals surface area contributed by atoms with E-state index in [0.717, 1.165) is 12.1 Å². The predicted molar refractivity (Wildman–Crippen MR) is 58.9 cm³/mol. The fraction of sp³-hybridized carbons (Fsp3) is 0.300. The first kappa shape index (κ1) is 14.7. The summed E-state index contributed by atoms with van der Waals surface area (Å²) in [6, 6.07) is 1.92. The minimum atomic E-state index is -4.82. The standard InChI is InChI=1S/C10H8F4N2O3S/c11-7-2-1-6(8(3-7)10(12,13)14)4-16-5-9(17)15-20(16,18)19/h1-3H,4-5H2,(H,15,17). The van der Waals surface area contributed by atoms with Gasteiger partial charge in [-0.1, -0.05) is 6.07 Å². The lowest BCUT2D eigenvalue weighted by Crippen LogP contribution is -2.30. The first-order valence-corrected chi connectivity index (χ1v) is 6.70. The number of nitrogens with one attached hydrogen (secondary N) is 1. The van der Waals surface area contributed by atoms with Gasteiger partial charge >= 0.3 is 16.4 Å². The number of nitrogens with zero attached hydrogens (tertiary/aromatic N) is 1. The molecule has 0 atom stereocenters. The van der Waals surface area contributed by atoms with Gasteiger partial charge in [-0.3, -0.25) is 4.79 Å². The highest BCUT2D eigenvalue weighted by Gasteiger charge is 2.38. The highest BCUT2D eigenvalue weighted by molar-refractivity contribution is 7.88. The summed E-state index contributed by atoms with van der Waals surface area (Å²) in [4.78, 5) is 11.0. The third-order valence-corrected chi connectivity index (χ3v) is 4.05. The minimum Gasteiger partial charge on any atom is -0.272 e. The minimum absolute atomic E-state index is 0.285. The summed E-state index contributed by atoms with van der Waals surface area (Å²) in [6.45, 7) is -1.24. The van der Waals surface area contributed by atoms with E-state index in [-0.39, 0.29) is 6.07 Å². The molecule has 0 aliphatic carbocycles. The fourth-order valence-electron chi connectivity index (χ4n) is 1.77. The third-order valence-electron chi connectivity index (χ3n) is 2.63. The van der Waals surface area contributed by atoms with Crippen LogP contribution in [0, 0.1) is 5.82 Å². The Morgan fingerprint density at radius 3 is 2.45 bits per heavy atom. The van der Waals surface area contributed by atoms with Gasteiger partial charge in [0, 0.05) is 6.54 Å². The van der Waals surface area contributed by atoms with Gasteiger partial charge in [-0.15, -0.1) is 0 Å². The molecule has 0 radical (unpaired) electrons. The lowest BCUT2D eigenvalue weighted by Gasteiger charge is -2.17.